The molecule has 8 heteroatoms. The summed E-state index contributed by atoms with van der Waals surface area (Å²) < 4.78 is 20.8. The smallest absolute Gasteiger partial charge is 0.306 e. The molecule has 1 saturated heterocycles. The van der Waals surface area contributed by atoms with Crippen molar-refractivity contribution in [3.63, 3.8) is 0 Å². The molecule has 0 spiro atoms. The van der Waals surface area contributed by atoms with E-state index in [4.69, 9.17) is 4.42 Å². The summed E-state index contributed by atoms with van der Waals surface area (Å²) in [6, 6.07) is 4.07. The van der Waals surface area contributed by atoms with Gasteiger partial charge in [-0.1, -0.05) is 13.3 Å². The summed E-state index contributed by atoms with van der Waals surface area (Å²) in [6.45, 7) is 2.71. The fraction of sp³-hybridized carbons (Fsp3) is 0.500. The zero-order valence-corrected chi connectivity index (χ0v) is 19.5. The van der Waals surface area contributed by atoms with Crippen LogP contribution in [0.25, 0.3) is 22.4 Å². The number of fused-ring (bicyclic) bond motifs is 2. The van der Waals surface area contributed by atoms with E-state index in [0.717, 1.165) is 47.8 Å². The van der Waals surface area contributed by atoms with Crippen molar-refractivity contribution in [1.29, 1.82) is 0 Å². The molecule has 3 aromatic heterocycles. The van der Waals surface area contributed by atoms with E-state index in [2.05, 4.69) is 4.98 Å². The third-order valence-electron chi connectivity index (χ3n) is 7.74. The van der Waals surface area contributed by atoms with Crippen LogP contribution in [0.15, 0.2) is 35.0 Å². The number of carbonyl (C=O) groups excluding carboxylic acids is 1. The molecule has 4 atom stereocenters. The summed E-state index contributed by atoms with van der Waals surface area (Å²) in [6.07, 6.45) is 8.12. The molecule has 4 heterocycles. The Hall–Kier alpha value is -3.16. The maximum absolute atomic E-state index is 13.6. The Labute approximate surface area is 197 Å². The summed E-state index contributed by atoms with van der Waals surface area (Å²) in [5, 5.41) is 10.5. The van der Waals surface area contributed by atoms with Crippen LogP contribution < -0.4 is 0 Å². The van der Waals surface area contributed by atoms with Crippen LogP contribution in [0.3, 0.4) is 0 Å². The van der Waals surface area contributed by atoms with Crippen molar-refractivity contribution < 1.29 is 23.5 Å². The molecular formula is C26H30FN3O4. The third-order valence-corrected chi connectivity index (χ3v) is 7.74. The largest absolute Gasteiger partial charge is 0.481 e. The van der Waals surface area contributed by atoms with Crippen LogP contribution in [-0.4, -0.2) is 44.0 Å². The molecule has 0 radical (unpaired) electrons. The second-order valence-electron chi connectivity index (χ2n) is 9.80. The van der Waals surface area contributed by atoms with E-state index in [0.29, 0.717) is 25.1 Å². The highest BCUT2D eigenvalue weighted by molar-refractivity contribution is 5.95. The fourth-order valence-corrected chi connectivity index (χ4v) is 6.17. The van der Waals surface area contributed by atoms with Gasteiger partial charge in [-0.2, -0.15) is 4.39 Å². The Bertz CT molecular complexity index is 1230. The van der Waals surface area contributed by atoms with Crippen molar-refractivity contribution in [2.24, 2.45) is 18.9 Å². The number of aryl methyl sites for hydroxylation is 1. The molecule has 1 N–H and O–H groups in total. The van der Waals surface area contributed by atoms with Gasteiger partial charge < -0.3 is 19.0 Å². The van der Waals surface area contributed by atoms with E-state index in [1.165, 1.54) is 6.07 Å². The number of carbonyl (C=O) groups is 2. The molecule has 1 aliphatic heterocycles. The van der Waals surface area contributed by atoms with Gasteiger partial charge in [0.25, 0.3) is 6.01 Å². The topological polar surface area (TPSA) is 88.6 Å². The predicted molar refractivity (Wildman–Crippen MR) is 125 cm³/mol. The van der Waals surface area contributed by atoms with Gasteiger partial charge in [-0.3, -0.25) is 9.59 Å². The second kappa shape index (κ2) is 8.89. The molecule has 180 valence electrons. The number of hydrogen-bond donors (Lipinski definition) is 1. The van der Waals surface area contributed by atoms with Crippen molar-refractivity contribution in [3.8, 4) is 11.3 Å². The Morgan fingerprint density at radius 1 is 1.24 bits per heavy atom. The number of nitrogens with zero attached hydrogens (tertiary/aromatic N) is 3. The number of carboxylic acids is 1. The number of piperidine rings is 1. The molecular weight excluding hydrogens is 437 g/mol. The fourth-order valence-electron chi connectivity index (χ4n) is 6.17. The standard InChI is InChI=1S/C26H30FN3O4/c1-15(13-23(31)30-12-4-6-16-17(26(32)33)5-3-7-20(16)30)19-14-29(2)25-24(19)18(10-11-28-25)21-8-9-22(27)34-21/h8-11,14-17,20H,3-7,12-13H2,1-2H3,(H,32,33). The second-order valence-corrected chi connectivity index (χ2v) is 9.80. The molecule has 0 bridgehead atoms. The summed E-state index contributed by atoms with van der Waals surface area (Å²) >= 11 is 0. The van der Waals surface area contributed by atoms with Gasteiger partial charge in [0.15, 0.2) is 0 Å². The zero-order valence-electron chi connectivity index (χ0n) is 19.5. The first-order valence-corrected chi connectivity index (χ1v) is 12.1. The van der Waals surface area contributed by atoms with E-state index in [9.17, 15) is 19.1 Å². The third kappa shape index (κ3) is 3.89. The average molecular weight is 468 g/mol. The van der Waals surface area contributed by atoms with Crippen LogP contribution >= 0.6 is 0 Å². The quantitative estimate of drug-likeness (QED) is 0.573. The normalized spacial score (nSPS) is 23.6. The highest BCUT2D eigenvalue weighted by Crippen LogP contribution is 2.41. The first-order chi connectivity index (χ1) is 16.3. The maximum Gasteiger partial charge on any atom is 0.306 e. The van der Waals surface area contributed by atoms with Crippen molar-refractivity contribution in [3.05, 3.63) is 42.2 Å². The molecule has 5 rings (SSSR count). The SMILES string of the molecule is CC(CC(=O)N1CCCC2C(C(=O)O)CCCC21)c1cn(C)c2nccc(-c3ccc(F)o3)c12. The molecule has 1 saturated carbocycles. The Morgan fingerprint density at radius 3 is 2.79 bits per heavy atom. The molecule has 4 unspecified atom stereocenters. The van der Waals surface area contributed by atoms with Crippen LogP contribution in [0.2, 0.25) is 0 Å². The minimum absolute atomic E-state index is 0.0131. The Balaban J connectivity index is 1.42. The van der Waals surface area contributed by atoms with Gasteiger partial charge in [-0.15, -0.1) is 0 Å². The van der Waals surface area contributed by atoms with Crippen molar-refractivity contribution in [1.82, 2.24) is 14.5 Å². The van der Waals surface area contributed by atoms with Gasteiger partial charge in [0.2, 0.25) is 5.91 Å². The molecule has 1 amide bonds. The van der Waals surface area contributed by atoms with Crippen LogP contribution in [0, 0.1) is 17.8 Å². The van der Waals surface area contributed by atoms with Crippen molar-refractivity contribution in [2.45, 2.75) is 57.4 Å². The average Bonchev–Trinajstić information content (AvgIpc) is 3.41. The van der Waals surface area contributed by atoms with Gasteiger partial charge in [-0.05, 0) is 55.2 Å². The number of likely N-dealkylation sites (tertiary alicyclic amines) is 1. The number of pyridine rings is 1. The first-order valence-electron chi connectivity index (χ1n) is 12.1. The summed E-state index contributed by atoms with van der Waals surface area (Å²) in [7, 11) is 1.91. The molecule has 1 aliphatic carbocycles. The lowest BCUT2D eigenvalue weighted by atomic mass is 9.71. The molecule has 7 nitrogen and oxygen atoms in total. The van der Waals surface area contributed by atoms with E-state index in [-0.39, 0.29) is 29.7 Å². The van der Waals surface area contributed by atoms with Crippen molar-refractivity contribution >= 4 is 22.9 Å². The lowest BCUT2D eigenvalue weighted by Gasteiger charge is -2.46. The zero-order chi connectivity index (χ0) is 24.0. The number of aliphatic carboxylic acids is 1. The molecule has 0 aromatic carbocycles. The van der Waals surface area contributed by atoms with E-state index < -0.39 is 12.0 Å². The van der Waals surface area contributed by atoms with Gasteiger partial charge >= 0.3 is 5.97 Å². The minimum atomic E-state index is -0.734. The van der Waals surface area contributed by atoms with E-state index in [1.807, 2.05) is 35.7 Å². The maximum atomic E-state index is 13.6. The Morgan fingerprint density at radius 2 is 2.06 bits per heavy atom. The number of rotatable bonds is 5. The predicted octanol–water partition coefficient (Wildman–Crippen LogP) is 4.96. The molecule has 2 aliphatic rings. The minimum Gasteiger partial charge on any atom is -0.481 e. The van der Waals surface area contributed by atoms with Crippen LogP contribution in [0.5, 0.6) is 0 Å². The summed E-state index contributed by atoms with van der Waals surface area (Å²) in [4.78, 5) is 31.7. The molecule has 3 aromatic rings. The number of furan rings is 1. The highest BCUT2D eigenvalue weighted by Gasteiger charge is 2.43. The highest BCUT2D eigenvalue weighted by atomic mass is 19.1. The van der Waals surface area contributed by atoms with Gasteiger partial charge in [-0.25, -0.2) is 4.98 Å². The number of halogens is 1. The van der Waals surface area contributed by atoms with Gasteiger partial charge in [0.05, 0.1) is 5.92 Å². The number of carboxylic acid groups (broad SMARTS) is 1. The summed E-state index contributed by atoms with van der Waals surface area (Å²) in [5.41, 5.74) is 2.46. The lowest BCUT2D eigenvalue weighted by molar-refractivity contribution is -0.152. The number of aromatic nitrogens is 2. The van der Waals surface area contributed by atoms with Crippen molar-refractivity contribution in [2.75, 3.05) is 6.54 Å². The van der Waals surface area contributed by atoms with E-state index in [1.54, 1.807) is 12.3 Å². The summed E-state index contributed by atoms with van der Waals surface area (Å²) in [5.74, 6) is -0.647. The van der Waals surface area contributed by atoms with Crippen LogP contribution in [0.4, 0.5) is 4.39 Å². The van der Waals surface area contributed by atoms with E-state index >= 15 is 0 Å². The first kappa shape index (κ1) is 22.6. The molecule has 2 fully saturated rings. The number of hydrogen-bond acceptors (Lipinski definition) is 4. The van der Waals surface area contributed by atoms with Crippen LogP contribution in [0.1, 0.15) is 56.9 Å². The Kier molecular flexibility index (Phi) is 5.91. The van der Waals surface area contributed by atoms with Crippen LogP contribution in [-0.2, 0) is 16.6 Å². The lowest BCUT2D eigenvalue weighted by Crippen LogP contribution is -2.53. The monoisotopic (exact) mass is 467 g/mol. The van der Waals surface area contributed by atoms with Gasteiger partial charge in [0.1, 0.15) is 11.4 Å². The number of amides is 1. The van der Waals surface area contributed by atoms with Gasteiger partial charge in [0, 0.05) is 55.5 Å². The molecule has 34 heavy (non-hydrogen) atoms.